The van der Waals surface area contributed by atoms with Crippen LogP contribution in [0.25, 0.3) is 0 Å². The molecule has 0 saturated heterocycles. The lowest BCUT2D eigenvalue weighted by Crippen LogP contribution is -2.05. The SMILES string of the molecule is Cn1ccnc1CNc1ccc(Cl)cc1. The summed E-state index contributed by atoms with van der Waals surface area (Å²) >= 11 is 5.79. The molecule has 78 valence electrons. The summed E-state index contributed by atoms with van der Waals surface area (Å²) < 4.78 is 1.99. The van der Waals surface area contributed by atoms with Gasteiger partial charge in [0.05, 0.1) is 6.54 Å². The zero-order chi connectivity index (χ0) is 10.7. The van der Waals surface area contributed by atoms with E-state index in [1.807, 2.05) is 42.1 Å². The Morgan fingerprint density at radius 1 is 1.33 bits per heavy atom. The topological polar surface area (TPSA) is 29.9 Å². The van der Waals surface area contributed by atoms with E-state index < -0.39 is 0 Å². The van der Waals surface area contributed by atoms with Crippen molar-refractivity contribution >= 4 is 17.3 Å². The van der Waals surface area contributed by atoms with Crippen molar-refractivity contribution in [3.8, 4) is 0 Å². The second kappa shape index (κ2) is 4.36. The minimum absolute atomic E-state index is 0.713. The van der Waals surface area contributed by atoms with E-state index in [1.54, 1.807) is 6.20 Å². The number of nitrogens with one attached hydrogen (secondary N) is 1. The van der Waals surface area contributed by atoms with Crippen molar-refractivity contribution < 1.29 is 0 Å². The molecular weight excluding hydrogens is 210 g/mol. The van der Waals surface area contributed by atoms with E-state index in [2.05, 4.69) is 10.3 Å². The van der Waals surface area contributed by atoms with Crippen molar-refractivity contribution in [2.45, 2.75) is 6.54 Å². The molecule has 2 rings (SSSR count). The van der Waals surface area contributed by atoms with Crippen LogP contribution in [0.2, 0.25) is 5.02 Å². The Morgan fingerprint density at radius 3 is 2.67 bits per heavy atom. The smallest absolute Gasteiger partial charge is 0.127 e. The lowest BCUT2D eigenvalue weighted by atomic mass is 10.3. The molecule has 0 aliphatic rings. The monoisotopic (exact) mass is 221 g/mol. The molecule has 0 unspecified atom stereocenters. The molecule has 0 aliphatic carbocycles. The van der Waals surface area contributed by atoms with Gasteiger partial charge in [-0.25, -0.2) is 4.98 Å². The molecular formula is C11H12ClN3. The van der Waals surface area contributed by atoms with Gasteiger partial charge in [-0.3, -0.25) is 0 Å². The first-order valence-electron chi connectivity index (χ1n) is 4.71. The molecule has 0 radical (unpaired) electrons. The van der Waals surface area contributed by atoms with Crippen LogP contribution in [0.1, 0.15) is 5.82 Å². The molecule has 0 atom stereocenters. The Balaban J connectivity index is 1.99. The number of hydrogen-bond donors (Lipinski definition) is 1. The Labute approximate surface area is 93.7 Å². The molecule has 1 heterocycles. The van der Waals surface area contributed by atoms with Gasteiger partial charge in [-0.15, -0.1) is 0 Å². The summed E-state index contributed by atoms with van der Waals surface area (Å²) in [6.45, 7) is 0.713. The van der Waals surface area contributed by atoms with Crippen LogP contribution in [0.3, 0.4) is 0 Å². The van der Waals surface area contributed by atoms with Gasteiger partial charge in [0, 0.05) is 30.2 Å². The first kappa shape index (κ1) is 10.1. The van der Waals surface area contributed by atoms with Crippen LogP contribution in [0.5, 0.6) is 0 Å². The Hall–Kier alpha value is -1.48. The van der Waals surface area contributed by atoms with E-state index in [1.165, 1.54) is 0 Å². The number of nitrogens with zero attached hydrogens (tertiary/aromatic N) is 2. The summed E-state index contributed by atoms with van der Waals surface area (Å²) in [4.78, 5) is 4.22. The van der Waals surface area contributed by atoms with E-state index in [0.29, 0.717) is 6.54 Å². The average molecular weight is 222 g/mol. The predicted octanol–water partition coefficient (Wildman–Crippen LogP) is 2.69. The van der Waals surface area contributed by atoms with Crippen LogP contribution in [-0.4, -0.2) is 9.55 Å². The van der Waals surface area contributed by atoms with Gasteiger partial charge in [0.25, 0.3) is 0 Å². The highest BCUT2D eigenvalue weighted by Gasteiger charge is 1.98. The fraction of sp³-hybridized carbons (Fsp3) is 0.182. The Morgan fingerprint density at radius 2 is 2.07 bits per heavy atom. The molecule has 0 aliphatic heterocycles. The number of anilines is 1. The maximum atomic E-state index is 5.79. The van der Waals surface area contributed by atoms with E-state index >= 15 is 0 Å². The lowest BCUT2D eigenvalue weighted by Gasteiger charge is -2.06. The van der Waals surface area contributed by atoms with Crippen LogP contribution >= 0.6 is 11.6 Å². The fourth-order valence-corrected chi connectivity index (χ4v) is 1.44. The van der Waals surface area contributed by atoms with Crippen LogP contribution in [0.15, 0.2) is 36.7 Å². The third-order valence-corrected chi connectivity index (χ3v) is 2.47. The van der Waals surface area contributed by atoms with Gasteiger partial charge in [-0.1, -0.05) is 11.6 Å². The summed E-state index contributed by atoms with van der Waals surface area (Å²) in [6, 6.07) is 7.63. The predicted molar refractivity (Wildman–Crippen MR) is 62.0 cm³/mol. The first-order valence-corrected chi connectivity index (χ1v) is 5.09. The van der Waals surface area contributed by atoms with Crippen LogP contribution in [0.4, 0.5) is 5.69 Å². The van der Waals surface area contributed by atoms with Crippen molar-refractivity contribution in [2.75, 3.05) is 5.32 Å². The lowest BCUT2D eigenvalue weighted by molar-refractivity contribution is 0.813. The first-order chi connectivity index (χ1) is 7.25. The molecule has 15 heavy (non-hydrogen) atoms. The van der Waals surface area contributed by atoms with E-state index in [4.69, 9.17) is 11.6 Å². The highest BCUT2D eigenvalue weighted by molar-refractivity contribution is 6.30. The summed E-state index contributed by atoms with van der Waals surface area (Å²) in [7, 11) is 1.98. The Kier molecular flexibility index (Phi) is 2.92. The van der Waals surface area contributed by atoms with E-state index in [9.17, 15) is 0 Å². The summed E-state index contributed by atoms with van der Waals surface area (Å²) in [5.74, 6) is 1.00. The van der Waals surface area contributed by atoms with E-state index in [0.717, 1.165) is 16.5 Å². The number of imidazole rings is 1. The van der Waals surface area contributed by atoms with Crippen LogP contribution in [0, 0.1) is 0 Å². The fourth-order valence-electron chi connectivity index (χ4n) is 1.32. The third kappa shape index (κ3) is 2.50. The summed E-state index contributed by atoms with van der Waals surface area (Å²) in [5.41, 5.74) is 1.04. The Bertz CT molecular complexity index is 433. The normalized spacial score (nSPS) is 10.3. The number of hydrogen-bond acceptors (Lipinski definition) is 2. The molecule has 1 aromatic heterocycles. The minimum Gasteiger partial charge on any atom is -0.378 e. The van der Waals surface area contributed by atoms with Gasteiger partial charge in [0.1, 0.15) is 5.82 Å². The van der Waals surface area contributed by atoms with Gasteiger partial charge in [-0.2, -0.15) is 0 Å². The molecule has 4 heteroatoms. The number of aromatic nitrogens is 2. The minimum atomic E-state index is 0.713. The zero-order valence-electron chi connectivity index (χ0n) is 8.44. The number of rotatable bonds is 3. The average Bonchev–Trinajstić information content (AvgIpc) is 2.63. The van der Waals surface area contributed by atoms with Gasteiger partial charge >= 0.3 is 0 Å². The van der Waals surface area contributed by atoms with Gasteiger partial charge < -0.3 is 9.88 Å². The van der Waals surface area contributed by atoms with Crippen LogP contribution in [-0.2, 0) is 13.6 Å². The van der Waals surface area contributed by atoms with Gasteiger partial charge in [0.15, 0.2) is 0 Å². The number of halogens is 1. The highest BCUT2D eigenvalue weighted by Crippen LogP contribution is 2.13. The summed E-state index contributed by atoms with van der Waals surface area (Å²) in [5, 5.41) is 4.02. The zero-order valence-corrected chi connectivity index (χ0v) is 9.20. The van der Waals surface area contributed by atoms with Gasteiger partial charge in [0.2, 0.25) is 0 Å². The molecule has 1 N–H and O–H groups in total. The van der Waals surface area contributed by atoms with Crippen molar-refractivity contribution in [1.29, 1.82) is 0 Å². The van der Waals surface area contributed by atoms with Crippen molar-refractivity contribution in [3.63, 3.8) is 0 Å². The molecule has 0 amide bonds. The molecule has 1 aromatic carbocycles. The van der Waals surface area contributed by atoms with Crippen molar-refractivity contribution in [1.82, 2.24) is 9.55 Å². The molecule has 3 nitrogen and oxygen atoms in total. The van der Waals surface area contributed by atoms with Crippen LogP contribution < -0.4 is 5.32 Å². The quantitative estimate of drug-likeness (QED) is 0.864. The van der Waals surface area contributed by atoms with E-state index in [-0.39, 0.29) is 0 Å². The standard InChI is InChI=1S/C11H12ClN3/c1-15-7-6-13-11(15)8-14-10-4-2-9(12)3-5-10/h2-7,14H,8H2,1H3. The second-order valence-corrected chi connectivity index (χ2v) is 3.75. The largest absolute Gasteiger partial charge is 0.378 e. The highest BCUT2D eigenvalue weighted by atomic mass is 35.5. The third-order valence-electron chi connectivity index (χ3n) is 2.22. The molecule has 0 fully saturated rings. The second-order valence-electron chi connectivity index (χ2n) is 3.31. The van der Waals surface area contributed by atoms with Crippen molar-refractivity contribution in [2.24, 2.45) is 7.05 Å². The maximum absolute atomic E-state index is 5.79. The summed E-state index contributed by atoms with van der Waals surface area (Å²) in [6.07, 6.45) is 3.72. The molecule has 0 spiro atoms. The van der Waals surface area contributed by atoms with Crippen molar-refractivity contribution in [3.05, 3.63) is 47.5 Å². The maximum Gasteiger partial charge on any atom is 0.127 e. The number of aryl methyl sites for hydroxylation is 1. The molecule has 0 saturated carbocycles. The van der Waals surface area contributed by atoms with Gasteiger partial charge in [-0.05, 0) is 24.3 Å². The molecule has 0 bridgehead atoms. The number of benzene rings is 1. The molecule has 2 aromatic rings.